The molecule has 0 unspecified atom stereocenters. The highest BCUT2D eigenvalue weighted by molar-refractivity contribution is 8.00. The van der Waals surface area contributed by atoms with E-state index in [1.807, 2.05) is 48.5 Å². The van der Waals surface area contributed by atoms with Crippen molar-refractivity contribution in [1.82, 2.24) is 0 Å². The summed E-state index contributed by atoms with van der Waals surface area (Å²) in [6.45, 7) is 1.01. The number of amides is 1. The summed E-state index contributed by atoms with van der Waals surface area (Å²) in [6.07, 6.45) is 0. The zero-order valence-electron chi connectivity index (χ0n) is 14.8. The minimum atomic E-state index is -0.202. The van der Waals surface area contributed by atoms with E-state index in [0.29, 0.717) is 41.0 Å². The summed E-state index contributed by atoms with van der Waals surface area (Å²) in [5, 5.41) is 3.55. The summed E-state index contributed by atoms with van der Waals surface area (Å²) in [5.74, 6) is 1.05. The second-order valence-corrected chi connectivity index (χ2v) is 7.31. The van der Waals surface area contributed by atoms with Crippen LogP contribution < -0.4 is 19.5 Å². The van der Waals surface area contributed by atoms with Crippen molar-refractivity contribution in [2.75, 3.05) is 23.3 Å². The van der Waals surface area contributed by atoms with Gasteiger partial charge in [0.15, 0.2) is 11.5 Å². The molecule has 142 valence electrons. The molecule has 2 N–H and O–H groups in total. The molecule has 0 saturated carbocycles. The monoisotopic (exact) mass is 412 g/mol. The maximum Gasteiger partial charge on any atom is 0.255 e. The summed E-state index contributed by atoms with van der Waals surface area (Å²) in [7, 11) is 0. The van der Waals surface area contributed by atoms with E-state index in [9.17, 15) is 4.79 Å². The first-order valence-corrected chi connectivity index (χ1v) is 9.87. The molecule has 1 aliphatic rings. The van der Waals surface area contributed by atoms with Gasteiger partial charge in [-0.05, 0) is 66.5 Å². The lowest BCUT2D eigenvalue weighted by Gasteiger charge is -2.18. The SMILES string of the molecule is O=C(Nc1ccc(SNc2ccccc2Cl)cc1)c1ccc2c(c1)OCCO2. The first kappa shape index (κ1) is 18.5. The quantitative estimate of drug-likeness (QED) is 0.543. The highest BCUT2D eigenvalue weighted by Gasteiger charge is 2.15. The van der Waals surface area contributed by atoms with Crippen LogP contribution in [0.15, 0.2) is 71.6 Å². The van der Waals surface area contributed by atoms with Crippen LogP contribution in [0.3, 0.4) is 0 Å². The maximum absolute atomic E-state index is 12.5. The van der Waals surface area contributed by atoms with E-state index >= 15 is 0 Å². The predicted octanol–water partition coefficient (Wildman–Crippen LogP) is 5.48. The van der Waals surface area contributed by atoms with Crippen LogP contribution in [0.25, 0.3) is 0 Å². The van der Waals surface area contributed by atoms with Crippen LogP contribution in [-0.2, 0) is 0 Å². The number of halogens is 1. The third-order valence-electron chi connectivity index (χ3n) is 4.07. The predicted molar refractivity (Wildman–Crippen MR) is 113 cm³/mol. The van der Waals surface area contributed by atoms with Crippen molar-refractivity contribution in [3.63, 3.8) is 0 Å². The number of hydrogen-bond donors (Lipinski definition) is 2. The van der Waals surface area contributed by atoms with Gasteiger partial charge >= 0.3 is 0 Å². The Labute approximate surface area is 172 Å². The Morgan fingerprint density at radius 1 is 0.929 bits per heavy atom. The highest BCUT2D eigenvalue weighted by atomic mass is 35.5. The van der Waals surface area contributed by atoms with E-state index in [4.69, 9.17) is 21.1 Å². The van der Waals surface area contributed by atoms with Gasteiger partial charge in [-0.1, -0.05) is 23.7 Å². The van der Waals surface area contributed by atoms with E-state index in [-0.39, 0.29) is 5.91 Å². The van der Waals surface area contributed by atoms with Crippen LogP contribution in [0.4, 0.5) is 11.4 Å². The molecule has 0 atom stereocenters. The molecular weight excluding hydrogens is 396 g/mol. The summed E-state index contributed by atoms with van der Waals surface area (Å²) in [5.41, 5.74) is 2.08. The second kappa shape index (κ2) is 8.46. The lowest BCUT2D eigenvalue weighted by atomic mass is 10.1. The number of anilines is 2. The zero-order valence-corrected chi connectivity index (χ0v) is 16.3. The minimum Gasteiger partial charge on any atom is -0.486 e. The Morgan fingerprint density at radius 3 is 2.46 bits per heavy atom. The van der Waals surface area contributed by atoms with Gasteiger partial charge in [-0.2, -0.15) is 0 Å². The van der Waals surface area contributed by atoms with Crippen molar-refractivity contribution < 1.29 is 14.3 Å². The zero-order chi connectivity index (χ0) is 19.3. The molecule has 5 nitrogen and oxygen atoms in total. The van der Waals surface area contributed by atoms with Gasteiger partial charge in [-0.25, -0.2) is 0 Å². The fourth-order valence-corrected chi connectivity index (χ4v) is 3.57. The maximum atomic E-state index is 12.5. The van der Waals surface area contributed by atoms with Gasteiger partial charge < -0.3 is 19.5 Å². The number of rotatable bonds is 5. The molecule has 3 aromatic rings. The van der Waals surface area contributed by atoms with Gasteiger partial charge in [0.2, 0.25) is 0 Å². The van der Waals surface area contributed by atoms with Gasteiger partial charge in [-0.15, -0.1) is 0 Å². The smallest absolute Gasteiger partial charge is 0.255 e. The Hall–Kier alpha value is -2.83. The average Bonchev–Trinajstić information content (AvgIpc) is 2.74. The lowest BCUT2D eigenvalue weighted by Crippen LogP contribution is -2.17. The lowest BCUT2D eigenvalue weighted by molar-refractivity contribution is 0.102. The standard InChI is InChI=1S/C21H17ClN2O3S/c22-17-3-1-2-4-18(17)24-28-16-8-6-15(7-9-16)23-21(25)14-5-10-19-20(13-14)27-12-11-26-19/h1-10,13,24H,11-12H2,(H,23,25). The van der Waals surface area contributed by atoms with E-state index in [0.717, 1.165) is 10.6 Å². The third kappa shape index (κ3) is 4.35. The van der Waals surface area contributed by atoms with Crippen molar-refractivity contribution in [3.8, 4) is 11.5 Å². The van der Waals surface area contributed by atoms with Crippen LogP contribution in [0.2, 0.25) is 5.02 Å². The molecule has 0 spiro atoms. The Kier molecular flexibility index (Phi) is 5.60. The summed E-state index contributed by atoms with van der Waals surface area (Å²) in [4.78, 5) is 13.5. The van der Waals surface area contributed by atoms with E-state index < -0.39 is 0 Å². The van der Waals surface area contributed by atoms with Gasteiger partial charge in [0.05, 0.1) is 10.7 Å². The number of para-hydroxylation sites is 1. The normalized spacial score (nSPS) is 12.3. The van der Waals surface area contributed by atoms with E-state index in [2.05, 4.69) is 10.0 Å². The Morgan fingerprint density at radius 2 is 1.68 bits per heavy atom. The van der Waals surface area contributed by atoms with Crippen LogP contribution in [0, 0.1) is 0 Å². The van der Waals surface area contributed by atoms with Crippen molar-refractivity contribution in [1.29, 1.82) is 0 Å². The molecule has 0 radical (unpaired) electrons. The first-order valence-electron chi connectivity index (χ1n) is 8.67. The number of carbonyl (C=O) groups excluding carboxylic acids is 1. The van der Waals surface area contributed by atoms with Gasteiger partial charge in [-0.3, -0.25) is 4.79 Å². The topological polar surface area (TPSA) is 59.6 Å². The molecule has 4 rings (SSSR count). The summed E-state index contributed by atoms with van der Waals surface area (Å²) in [6, 6.07) is 20.3. The molecule has 0 aliphatic carbocycles. The van der Waals surface area contributed by atoms with Crippen molar-refractivity contribution in [2.45, 2.75) is 4.90 Å². The molecule has 7 heteroatoms. The van der Waals surface area contributed by atoms with Crippen LogP contribution >= 0.6 is 23.5 Å². The molecule has 1 heterocycles. The third-order valence-corrected chi connectivity index (χ3v) is 5.23. The largest absolute Gasteiger partial charge is 0.486 e. The van der Waals surface area contributed by atoms with Gasteiger partial charge in [0.1, 0.15) is 13.2 Å². The molecule has 28 heavy (non-hydrogen) atoms. The van der Waals surface area contributed by atoms with E-state index in [1.54, 1.807) is 18.2 Å². The highest BCUT2D eigenvalue weighted by Crippen LogP contribution is 2.31. The van der Waals surface area contributed by atoms with Crippen LogP contribution in [0.5, 0.6) is 11.5 Å². The number of ether oxygens (including phenoxy) is 2. The number of benzene rings is 3. The summed E-state index contributed by atoms with van der Waals surface area (Å²) >= 11 is 7.58. The fourth-order valence-electron chi connectivity index (χ4n) is 2.65. The van der Waals surface area contributed by atoms with E-state index in [1.165, 1.54) is 11.9 Å². The molecule has 0 aromatic heterocycles. The minimum absolute atomic E-state index is 0.202. The van der Waals surface area contributed by atoms with Crippen molar-refractivity contribution >= 4 is 40.8 Å². The Bertz CT molecular complexity index is 995. The molecule has 0 fully saturated rings. The number of hydrogen-bond acceptors (Lipinski definition) is 5. The van der Waals surface area contributed by atoms with Crippen LogP contribution in [-0.4, -0.2) is 19.1 Å². The molecule has 3 aromatic carbocycles. The van der Waals surface area contributed by atoms with Gasteiger partial charge in [0, 0.05) is 16.1 Å². The molecule has 0 bridgehead atoms. The molecule has 1 amide bonds. The van der Waals surface area contributed by atoms with Gasteiger partial charge in [0.25, 0.3) is 5.91 Å². The second-order valence-electron chi connectivity index (χ2n) is 6.02. The van der Waals surface area contributed by atoms with Crippen LogP contribution in [0.1, 0.15) is 10.4 Å². The molecule has 0 saturated heterocycles. The average molecular weight is 413 g/mol. The van der Waals surface area contributed by atoms with Crippen molar-refractivity contribution in [3.05, 3.63) is 77.3 Å². The molecular formula is C21H17ClN2O3S. The summed E-state index contributed by atoms with van der Waals surface area (Å²) < 4.78 is 14.2. The number of carbonyl (C=O) groups is 1. The molecule has 1 aliphatic heterocycles. The fraction of sp³-hybridized carbons (Fsp3) is 0.0952. The van der Waals surface area contributed by atoms with Crippen molar-refractivity contribution in [2.24, 2.45) is 0 Å². The Balaban J connectivity index is 1.37. The first-order chi connectivity index (χ1) is 13.7. The number of fused-ring (bicyclic) bond motifs is 1. The number of nitrogens with one attached hydrogen (secondary N) is 2.